The standard InChI is InChI=1S/C41H42/c1-2-4-32(5-3-1)35-8-9-37-36-7-6-34(41-23-29-15-30(24-41)17-31(16-29)25-41)18-33(36)19-39(37)38(35)10-11-40-20-26-12-27(21-40)14-28(13-26)22-40/h1-9,18,26-31H,12-17,19-25H2. The van der Waals surface area contributed by atoms with E-state index < -0.39 is 0 Å². The third kappa shape index (κ3) is 3.60. The summed E-state index contributed by atoms with van der Waals surface area (Å²) in [4.78, 5) is 0. The molecule has 12 rings (SSSR count). The van der Waals surface area contributed by atoms with Gasteiger partial charge in [0.1, 0.15) is 0 Å². The monoisotopic (exact) mass is 534 g/mol. The van der Waals surface area contributed by atoms with E-state index in [1.807, 2.05) is 0 Å². The van der Waals surface area contributed by atoms with Crippen molar-refractivity contribution in [3.8, 4) is 34.1 Å². The topological polar surface area (TPSA) is 0 Å². The molecule has 0 spiro atoms. The van der Waals surface area contributed by atoms with Crippen molar-refractivity contribution in [3.05, 3.63) is 82.9 Å². The van der Waals surface area contributed by atoms with Gasteiger partial charge in [0.05, 0.1) is 0 Å². The molecule has 0 unspecified atom stereocenters. The molecule has 8 saturated carbocycles. The summed E-state index contributed by atoms with van der Waals surface area (Å²) in [5.74, 6) is 13.8. The Bertz CT molecular complexity index is 1550. The van der Waals surface area contributed by atoms with Crippen molar-refractivity contribution in [1.82, 2.24) is 0 Å². The Labute approximate surface area is 246 Å². The van der Waals surface area contributed by atoms with Gasteiger partial charge in [-0.1, -0.05) is 72.5 Å². The maximum absolute atomic E-state index is 4.06. The molecular formula is C41H42. The van der Waals surface area contributed by atoms with Gasteiger partial charge in [-0.05, 0) is 163 Å². The molecule has 0 N–H and O–H groups in total. The minimum Gasteiger partial charge on any atom is -0.0910 e. The van der Waals surface area contributed by atoms with Crippen LogP contribution in [0, 0.1) is 52.8 Å². The lowest BCUT2D eigenvalue weighted by molar-refractivity contribution is -0.0181. The van der Waals surface area contributed by atoms with Crippen LogP contribution < -0.4 is 0 Å². The van der Waals surface area contributed by atoms with E-state index in [1.165, 1.54) is 110 Å². The summed E-state index contributed by atoms with van der Waals surface area (Å²) in [6, 6.07) is 23.6. The Morgan fingerprint density at radius 2 is 1.12 bits per heavy atom. The summed E-state index contributed by atoms with van der Waals surface area (Å²) in [5.41, 5.74) is 12.4. The largest absolute Gasteiger partial charge is 0.0910 e. The molecule has 41 heavy (non-hydrogen) atoms. The van der Waals surface area contributed by atoms with Gasteiger partial charge in [0.25, 0.3) is 0 Å². The van der Waals surface area contributed by atoms with Crippen LogP contribution in [-0.2, 0) is 11.8 Å². The number of hydrogen-bond donors (Lipinski definition) is 0. The zero-order chi connectivity index (χ0) is 26.8. The Morgan fingerprint density at radius 3 is 1.76 bits per heavy atom. The SMILES string of the molecule is C(#CC12CC3CC(CC(C3)C1)C2)c1c(-c2ccccc2)ccc2c1Cc1cc(C34CC5CC(CC(C5)C3)C4)ccc1-2. The van der Waals surface area contributed by atoms with E-state index in [0.29, 0.717) is 5.41 Å². The fourth-order valence-corrected chi connectivity index (χ4v) is 12.5. The Hall–Kier alpha value is -2.78. The molecule has 206 valence electrons. The fourth-order valence-electron chi connectivity index (χ4n) is 12.5. The predicted octanol–water partition coefficient (Wildman–Crippen LogP) is 9.96. The van der Waals surface area contributed by atoms with Gasteiger partial charge in [-0.15, -0.1) is 0 Å². The van der Waals surface area contributed by atoms with Crippen LogP contribution in [-0.4, -0.2) is 0 Å². The minimum atomic E-state index is 0.280. The quantitative estimate of drug-likeness (QED) is 0.224. The van der Waals surface area contributed by atoms with Crippen molar-refractivity contribution >= 4 is 0 Å². The van der Waals surface area contributed by atoms with E-state index in [9.17, 15) is 0 Å². The van der Waals surface area contributed by atoms with E-state index >= 15 is 0 Å². The zero-order valence-electron chi connectivity index (χ0n) is 24.4. The number of fused-ring (bicyclic) bond motifs is 3. The smallest absolute Gasteiger partial charge is 0.0365 e. The molecule has 0 radical (unpaired) electrons. The molecule has 0 aliphatic heterocycles. The average Bonchev–Trinajstić information content (AvgIpc) is 3.33. The van der Waals surface area contributed by atoms with Gasteiger partial charge < -0.3 is 0 Å². The maximum atomic E-state index is 4.06. The zero-order valence-corrected chi connectivity index (χ0v) is 24.4. The molecular weight excluding hydrogens is 492 g/mol. The van der Waals surface area contributed by atoms with Crippen molar-refractivity contribution < 1.29 is 0 Å². The first-order valence-corrected chi connectivity index (χ1v) is 17.0. The fraction of sp³-hybridized carbons (Fsp3) is 0.512. The lowest BCUT2D eigenvalue weighted by Gasteiger charge is -2.57. The molecule has 0 saturated heterocycles. The van der Waals surface area contributed by atoms with Crippen molar-refractivity contribution in [3.63, 3.8) is 0 Å². The molecule has 9 aliphatic rings. The van der Waals surface area contributed by atoms with E-state index in [4.69, 9.17) is 0 Å². The predicted molar refractivity (Wildman–Crippen MR) is 167 cm³/mol. The van der Waals surface area contributed by atoms with Gasteiger partial charge >= 0.3 is 0 Å². The van der Waals surface area contributed by atoms with Gasteiger partial charge in [0.2, 0.25) is 0 Å². The number of benzene rings is 3. The minimum absolute atomic E-state index is 0.280. The van der Waals surface area contributed by atoms with Crippen LogP contribution in [0.3, 0.4) is 0 Å². The lowest BCUT2D eigenvalue weighted by Crippen LogP contribution is -2.48. The molecule has 3 aromatic carbocycles. The van der Waals surface area contributed by atoms with Gasteiger partial charge in [-0.2, -0.15) is 0 Å². The molecule has 8 bridgehead atoms. The molecule has 3 aromatic rings. The number of rotatable bonds is 2. The van der Waals surface area contributed by atoms with Crippen LogP contribution in [0.15, 0.2) is 60.7 Å². The molecule has 0 amide bonds. The molecule has 0 nitrogen and oxygen atoms in total. The van der Waals surface area contributed by atoms with Crippen LogP contribution in [0.5, 0.6) is 0 Å². The van der Waals surface area contributed by atoms with Crippen molar-refractivity contribution in [2.45, 2.75) is 88.9 Å². The van der Waals surface area contributed by atoms with Crippen LogP contribution in [0.2, 0.25) is 0 Å². The second-order valence-corrected chi connectivity index (χ2v) is 16.1. The van der Waals surface area contributed by atoms with Crippen LogP contribution in [0.4, 0.5) is 0 Å². The van der Waals surface area contributed by atoms with E-state index in [0.717, 1.165) is 41.9 Å². The van der Waals surface area contributed by atoms with E-state index in [2.05, 4.69) is 72.5 Å². The third-order valence-corrected chi connectivity index (χ3v) is 13.3. The second kappa shape index (κ2) is 8.40. The Kier molecular flexibility index (Phi) is 4.87. The second-order valence-electron chi connectivity index (χ2n) is 16.1. The first-order valence-electron chi connectivity index (χ1n) is 17.0. The van der Waals surface area contributed by atoms with Crippen molar-refractivity contribution in [2.24, 2.45) is 40.9 Å². The van der Waals surface area contributed by atoms with Gasteiger partial charge in [0.15, 0.2) is 0 Å². The maximum Gasteiger partial charge on any atom is 0.0365 e. The summed E-state index contributed by atoms with van der Waals surface area (Å²) >= 11 is 0. The van der Waals surface area contributed by atoms with E-state index in [1.54, 1.807) is 11.1 Å². The highest BCUT2D eigenvalue weighted by Gasteiger charge is 2.52. The summed E-state index contributed by atoms with van der Waals surface area (Å²) in [7, 11) is 0. The first kappa shape index (κ1) is 23.7. The van der Waals surface area contributed by atoms with Crippen molar-refractivity contribution in [1.29, 1.82) is 0 Å². The molecule has 0 heterocycles. The van der Waals surface area contributed by atoms with Crippen LogP contribution in [0.25, 0.3) is 22.3 Å². The molecule has 9 aliphatic carbocycles. The Balaban J connectivity index is 1.07. The van der Waals surface area contributed by atoms with Crippen LogP contribution >= 0.6 is 0 Å². The van der Waals surface area contributed by atoms with Gasteiger partial charge in [-0.25, -0.2) is 0 Å². The highest BCUT2D eigenvalue weighted by molar-refractivity contribution is 5.85. The summed E-state index contributed by atoms with van der Waals surface area (Å²) in [5, 5.41) is 0. The van der Waals surface area contributed by atoms with E-state index in [-0.39, 0.29) is 5.41 Å². The first-order chi connectivity index (χ1) is 20.1. The van der Waals surface area contributed by atoms with Crippen molar-refractivity contribution in [2.75, 3.05) is 0 Å². The normalized spacial score (nSPS) is 38.4. The Morgan fingerprint density at radius 1 is 0.561 bits per heavy atom. The molecule has 0 aromatic heterocycles. The average molecular weight is 535 g/mol. The third-order valence-electron chi connectivity index (χ3n) is 13.3. The summed E-state index contributed by atoms with van der Waals surface area (Å²) in [6.45, 7) is 0. The van der Waals surface area contributed by atoms with Gasteiger partial charge in [-0.3, -0.25) is 0 Å². The molecule has 0 heteroatoms. The highest BCUT2D eigenvalue weighted by Crippen LogP contribution is 2.62. The number of hydrogen-bond acceptors (Lipinski definition) is 0. The van der Waals surface area contributed by atoms with Crippen LogP contribution in [0.1, 0.15) is 99.3 Å². The van der Waals surface area contributed by atoms with Gasteiger partial charge in [0, 0.05) is 11.0 Å². The highest BCUT2D eigenvalue weighted by atomic mass is 14.6. The summed E-state index contributed by atoms with van der Waals surface area (Å²) in [6.07, 6.45) is 18.5. The molecule has 0 atom stereocenters. The molecule has 8 fully saturated rings. The lowest BCUT2D eigenvalue weighted by atomic mass is 9.48. The summed E-state index contributed by atoms with van der Waals surface area (Å²) < 4.78 is 0.